The molecule has 2 heterocycles. The number of esters is 2. The van der Waals surface area contributed by atoms with Crippen molar-refractivity contribution in [2.45, 2.75) is 51.7 Å². The van der Waals surface area contributed by atoms with Gasteiger partial charge in [0.2, 0.25) is 5.78 Å². The van der Waals surface area contributed by atoms with Crippen molar-refractivity contribution in [2.75, 3.05) is 6.61 Å². The molecule has 0 aliphatic carbocycles. The maximum Gasteiger partial charge on any atom is 0.340 e. The van der Waals surface area contributed by atoms with Gasteiger partial charge in [0.1, 0.15) is 11.9 Å². The van der Waals surface area contributed by atoms with Crippen LogP contribution in [0.3, 0.4) is 0 Å². The maximum atomic E-state index is 12.9. The molecule has 33 heavy (non-hydrogen) atoms. The van der Waals surface area contributed by atoms with Crippen molar-refractivity contribution in [1.82, 2.24) is 9.71 Å². The summed E-state index contributed by atoms with van der Waals surface area (Å²) in [6, 6.07) is 5.18. The number of nitrogens with one attached hydrogen (secondary N) is 2. The summed E-state index contributed by atoms with van der Waals surface area (Å²) < 4.78 is 37.0. The average molecular weight is 476 g/mol. The molecule has 0 radical (unpaired) electrons. The number of carbonyl (C=O) groups is 3. The Hall–Kier alpha value is -3.47. The Morgan fingerprint density at radius 1 is 1.12 bits per heavy atom. The van der Waals surface area contributed by atoms with Gasteiger partial charge in [-0.1, -0.05) is 12.1 Å². The first-order chi connectivity index (χ1) is 15.5. The topological polar surface area (TPSA) is 144 Å². The Labute approximate surface area is 191 Å². The summed E-state index contributed by atoms with van der Waals surface area (Å²) in [5, 5.41) is 0. The van der Waals surface area contributed by atoms with Gasteiger partial charge in [-0.2, -0.15) is 0 Å². The number of aromatic amines is 1. The largest absolute Gasteiger partial charge is 0.462 e. The van der Waals surface area contributed by atoms with Crippen LogP contribution in [0.2, 0.25) is 0 Å². The molecule has 2 N–H and O–H groups in total. The Kier molecular flexibility index (Phi) is 6.73. The standard InChI is InChI=1S/C22H25N3O7S/c1-6-31-22(28)17-11(2)18(23-12(17)3)19(26)14(5)32-21(27)13(4)24-20-15-9-7-8-10-16(15)33(29,30)25-20/h7-10,13-14,23H,6H2,1-5H3,(H,24,25)/t13-,14+/m0/s1. The fourth-order valence-corrected chi connectivity index (χ4v) is 4.75. The minimum absolute atomic E-state index is 0.0314. The van der Waals surface area contributed by atoms with E-state index in [9.17, 15) is 22.8 Å². The molecule has 1 aliphatic heterocycles. The van der Waals surface area contributed by atoms with Crippen molar-refractivity contribution in [3.63, 3.8) is 0 Å². The molecule has 3 rings (SSSR count). The number of rotatable bonds is 7. The number of fused-ring (bicyclic) bond motifs is 1. The zero-order chi connectivity index (χ0) is 24.5. The van der Waals surface area contributed by atoms with E-state index in [4.69, 9.17) is 9.47 Å². The van der Waals surface area contributed by atoms with Crippen LogP contribution in [0.25, 0.3) is 0 Å². The molecule has 1 aromatic carbocycles. The molecule has 0 fully saturated rings. The van der Waals surface area contributed by atoms with Crippen LogP contribution in [0.4, 0.5) is 0 Å². The van der Waals surface area contributed by atoms with Gasteiger partial charge in [0.25, 0.3) is 10.0 Å². The predicted octanol–water partition coefficient (Wildman–Crippen LogP) is 2.05. The number of H-pyrrole nitrogens is 1. The lowest BCUT2D eigenvalue weighted by Crippen LogP contribution is -2.31. The highest BCUT2D eigenvalue weighted by molar-refractivity contribution is 7.90. The molecule has 1 aliphatic rings. The number of carbonyl (C=O) groups excluding carboxylic acids is 3. The van der Waals surface area contributed by atoms with E-state index in [1.807, 2.05) is 0 Å². The molecule has 0 spiro atoms. The van der Waals surface area contributed by atoms with E-state index in [1.165, 1.54) is 19.9 Å². The summed E-state index contributed by atoms with van der Waals surface area (Å²) in [5.41, 5.74) is 1.65. The molecular formula is C22H25N3O7S. The highest BCUT2D eigenvalue weighted by atomic mass is 32.2. The highest BCUT2D eigenvalue weighted by Gasteiger charge is 2.32. The molecule has 0 amide bonds. The van der Waals surface area contributed by atoms with E-state index in [2.05, 4.69) is 14.7 Å². The second-order valence-electron chi connectivity index (χ2n) is 7.54. The summed E-state index contributed by atoms with van der Waals surface area (Å²) in [5.74, 6) is -1.84. The van der Waals surface area contributed by atoms with Crippen molar-refractivity contribution in [3.05, 3.63) is 52.3 Å². The third-order valence-corrected chi connectivity index (χ3v) is 6.55. The van der Waals surface area contributed by atoms with Gasteiger partial charge >= 0.3 is 11.9 Å². The average Bonchev–Trinajstić information content (AvgIpc) is 3.19. The molecule has 0 saturated heterocycles. The van der Waals surface area contributed by atoms with E-state index in [0.29, 0.717) is 16.8 Å². The number of amidine groups is 1. The molecule has 10 nitrogen and oxygen atoms in total. The van der Waals surface area contributed by atoms with Gasteiger partial charge < -0.3 is 14.5 Å². The van der Waals surface area contributed by atoms with Gasteiger partial charge in [0.15, 0.2) is 6.10 Å². The van der Waals surface area contributed by atoms with E-state index in [1.54, 1.807) is 39.0 Å². The van der Waals surface area contributed by atoms with Crippen molar-refractivity contribution >= 4 is 33.6 Å². The summed E-state index contributed by atoms with van der Waals surface area (Å²) in [4.78, 5) is 44.7. The van der Waals surface area contributed by atoms with E-state index in [-0.39, 0.29) is 28.6 Å². The first-order valence-corrected chi connectivity index (χ1v) is 11.8. The van der Waals surface area contributed by atoms with Crippen LogP contribution in [0.15, 0.2) is 34.2 Å². The summed E-state index contributed by atoms with van der Waals surface area (Å²) in [7, 11) is -3.75. The number of sulfonamides is 1. The van der Waals surface area contributed by atoms with Crippen LogP contribution in [-0.4, -0.2) is 55.7 Å². The second-order valence-corrected chi connectivity index (χ2v) is 9.19. The summed E-state index contributed by atoms with van der Waals surface area (Å²) >= 11 is 0. The fraction of sp³-hybridized carbons (Fsp3) is 0.364. The minimum atomic E-state index is -3.75. The van der Waals surface area contributed by atoms with Crippen LogP contribution in [0.1, 0.15) is 58.4 Å². The Bertz CT molecular complexity index is 1260. The number of ketones is 1. The normalized spacial score (nSPS) is 17.1. The zero-order valence-electron chi connectivity index (χ0n) is 18.9. The number of ether oxygens (including phenoxy) is 2. The van der Waals surface area contributed by atoms with Gasteiger partial charge in [0.05, 0.1) is 22.8 Å². The number of Topliss-reactive ketones (excluding diaryl/α,β-unsaturated/α-hetero) is 1. The van der Waals surface area contributed by atoms with Gasteiger partial charge in [0, 0.05) is 11.3 Å². The van der Waals surface area contributed by atoms with Crippen LogP contribution >= 0.6 is 0 Å². The summed E-state index contributed by atoms with van der Waals surface area (Å²) in [6.07, 6.45) is -1.17. The SMILES string of the molecule is CCOC(=O)c1c(C)[nH]c(C(=O)[C@@H](C)OC(=O)[C@H](C)N=C2NS(=O)(=O)c3ccccc32)c1C. The Balaban J connectivity index is 1.75. The number of aliphatic imine (C=N–C) groups is 1. The van der Waals surface area contributed by atoms with Gasteiger partial charge in [-0.15, -0.1) is 0 Å². The minimum Gasteiger partial charge on any atom is -0.462 e. The lowest BCUT2D eigenvalue weighted by molar-refractivity contribution is -0.147. The van der Waals surface area contributed by atoms with E-state index < -0.39 is 39.9 Å². The monoisotopic (exact) mass is 475 g/mol. The van der Waals surface area contributed by atoms with Crippen molar-refractivity contribution in [2.24, 2.45) is 4.99 Å². The molecule has 1 aromatic heterocycles. The van der Waals surface area contributed by atoms with Crippen LogP contribution in [0, 0.1) is 13.8 Å². The molecule has 176 valence electrons. The van der Waals surface area contributed by atoms with Crippen LogP contribution in [-0.2, 0) is 24.3 Å². The van der Waals surface area contributed by atoms with Crippen molar-refractivity contribution in [1.29, 1.82) is 0 Å². The molecule has 0 saturated carbocycles. The third kappa shape index (κ3) is 4.68. The van der Waals surface area contributed by atoms with E-state index >= 15 is 0 Å². The lowest BCUT2D eigenvalue weighted by atomic mass is 10.1. The maximum absolute atomic E-state index is 12.9. The van der Waals surface area contributed by atoms with Crippen molar-refractivity contribution < 1.29 is 32.3 Å². The number of aromatic nitrogens is 1. The molecule has 0 bridgehead atoms. The van der Waals surface area contributed by atoms with Crippen LogP contribution in [0.5, 0.6) is 0 Å². The number of hydrogen-bond acceptors (Lipinski definition) is 8. The molecule has 11 heteroatoms. The molecule has 0 unspecified atom stereocenters. The third-order valence-electron chi connectivity index (χ3n) is 5.15. The smallest absolute Gasteiger partial charge is 0.340 e. The number of aryl methyl sites for hydroxylation is 1. The Morgan fingerprint density at radius 2 is 1.79 bits per heavy atom. The number of nitrogens with zero attached hydrogens (tertiary/aromatic N) is 1. The van der Waals surface area contributed by atoms with Gasteiger partial charge in [-0.05, 0) is 52.3 Å². The molecular weight excluding hydrogens is 450 g/mol. The van der Waals surface area contributed by atoms with Gasteiger partial charge in [-0.3, -0.25) is 14.5 Å². The number of hydrogen-bond donors (Lipinski definition) is 2. The predicted molar refractivity (Wildman–Crippen MR) is 119 cm³/mol. The molecule has 2 aromatic rings. The van der Waals surface area contributed by atoms with Crippen LogP contribution < -0.4 is 4.72 Å². The van der Waals surface area contributed by atoms with Crippen molar-refractivity contribution in [3.8, 4) is 0 Å². The fourth-order valence-electron chi connectivity index (χ4n) is 3.51. The Morgan fingerprint density at radius 3 is 2.45 bits per heavy atom. The summed E-state index contributed by atoms with van der Waals surface area (Å²) in [6.45, 7) is 7.97. The first-order valence-electron chi connectivity index (χ1n) is 10.3. The molecule has 2 atom stereocenters. The number of benzene rings is 1. The lowest BCUT2D eigenvalue weighted by Gasteiger charge is -2.14. The quantitative estimate of drug-likeness (QED) is 0.461. The zero-order valence-corrected chi connectivity index (χ0v) is 19.7. The van der Waals surface area contributed by atoms with E-state index in [0.717, 1.165) is 0 Å². The van der Waals surface area contributed by atoms with Gasteiger partial charge in [-0.25, -0.2) is 18.0 Å². The highest BCUT2D eigenvalue weighted by Crippen LogP contribution is 2.23. The second kappa shape index (κ2) is 9.18. The first kappa shape index (κ1) is 24.2.